The van der Waals surface area contributed by atoms with Gasteiger partial charge < -0.3 is 9.80 Å². The Bertz CT molecular complexity index is 988. The number of fused-ring (bicyclic) bond motifs is 1. The Morgan fingerprint density at radius 1 is 0.875 bits per heavy atom. The third kappa shape index (κ3) is 4.50. The molecule has 166 valence electrons. The maximum absolute atomic E-state index is 13.7. The van der Waals surface area contributed by atoms with Crippen molar-refractivity contribution < 1.29 is 9.59 Å². The van der Waals surface area contributed by atoms with Crippen molar-refractivity contribution in [1.82, 2.24) is 9.80 Å². The number of piperidine rings is 1. The van der Waals surface area contributed by atoms with Gasteiger partial charge in [0.2, 0.25) is 11.8 Å². The summed E-state index contributed by atoms with van der Waals surface area (Å²) in [5.41, 5.74) is 3.80. The van der Waals surface area contributed by atoms with E-state index in [1.54, 1.807) is 6.08 Å². The maximum Gasteiger partial charge on any atom is 0.246 e. The van der Waals surface area contributed by atoms with Crippen molar-refractivity contribution in [2.75, 3.05) is 13.1 Å². The summed E-state index contributed by atoms with van der Waals surface area (Å²) in [6.45, 7) is 1.32. The van der Waals surface area contributed by atoms with Crippen LogP contribution in [-0.4, -0.2) is 40.7 Å². The Hall–Kier alpha value is -2.88. The predicted molar refractivity (Wildman–Crippen MR) is 127 cm³/mol. The second-order valence-electron chi connectivity index (χ2n) is 9.43. The Morgan fingerprint density at radius 2 is 1.59 bits per heavy atom. The highest BCUT2D eigenvalue weighted by molar-refractivity contribution is 5.92. The molecule has 1 heterocycles. The van der Waals surface area contributed by atoms with Gasteiger partial charge in [-0.1, -0.05) is 54.6 Å². The highest BCUT2D eigenvalue weighted by Gasteiger charge is 2.42. The standard InChI is InChI=1S/C28H32N2O2/c31-27(16-13-21-7-2-1-3-8-21)29-19-17-23(18-20-29)28(32)30(24-14-15-24)26-12-6-10-22-9-4-5-11-25(22)26/h1-5,7-9,11,13,16,23-24,26H,6,10,12,14-15,17-20H2/b16-13+. The van der Waals surface area contributed by atoms with Crippen molar-refractivity contribution in [1.29, 1.82) is 0 Å². The zero-order chi connectivity index (χ0) is 21.9. The molecule has 1 saturated heterocycles. The van der Waals surface area contributed by atoms with E-state index >= 15 is 0 Å². The van der Waals surface area contributed by atoms with Crippen molar-refractivity contribution >= 4 is 17.9 Å². The second-order valence-corrected chi connectivity index (χ2v) is 9.43. The molecule has 1 atom stereocenters. The Kier molecular flexibility index (Phi) is 6.11. The number of likely N-dealkylation sites (tertiary alicyclic amines) is 1. The van der Waals surface area contributed by atoms with Crippen molar-refractivity contribution in [3.05, 3.63) is 77.4 Å². The molecule has 4 heteroatoms. The second kappa shape index (κ2) is 9.32. The Morgan fingerprint density at radius 3 is 2.34 bits per heavy atom. The topological polar surface area (TPSA) is 40.6 Å². The lowest BCUT2D eigenvalue weighted by atomic mass is 9.85. The zero-order valence-corrected chi connectivity index (χ0v) is 18.7. The van der Waals surface area contributed by atoms with Crippen LogP contribution < -0.4 is 0 Å². The summed E-state index contributed by atoms with van der Waals surface area (Å²) in [7, 11) is 0. The summed E-state index contributed by atoms with van der Waals surface area (Å²) in [6.07, 6.45) is 10.7. The van der Waals surface area contributed by atoms with Crippen LogP contribution in [-0.2, 0) is 16.0 Å². The molecule has 2 aromatic rings. The molecular weight excluding hydrogens is 396 g/mol. The molecule has 0 bridgehead atoms. The highest BCUT2D eigenvalue weighted by atomic mass is 16.2. The van der Waals surface area contributed by atoms with Crippen LogP contribution in [0.1, 0.15) is 61.3 Å². The average Bonchev–Trinajstić information content (AvgIpc) is 3.69. The van der Waals surface area contributed by atoms with Crippen LogP contribution in [0, 0.1) is 5.92 Å². The fourth-order valence-electron chi connectivity index (χ4n) is 5.35. The van der Waals surface area contributed by atoms with Crippen LogP contribution >= 0.6 is 0 Å². The fraction of sp³-hybridized carbons (Fsp3) is 0.429. The first-order valence-electron chi connectivity index (χ1n) is 12.1. The van der Waals surface area contributed by atoms with Gasteiger partial charge in [0, 0.05) is 31.1 Å². The smallest absolute Gasteiger partial charge is 0.246 e. The molecule has 4 nitrogen and oxygen atoms in total. The molecule has 2 amide bonds. The summed E-state index contributed by atoms with van der Waals surface area (Å²) in [5, 5.41) is 0. The normalized spacial score (nSPS) is 21.4. The Balaban J connectivity index is 1.23. The summed E-state index contributed by atoms with van der Waals surface area (Å²) in [4.78, 5) is 30.4. The Labute approximate surface area is 190 Å². The lowest BCUT2D eigenvalue weighted by Gasteiger charge is -2.40. The number of carbonyl (C=O) groups excluding carboxylic acids is 2. The van der Waals surface area contributed by atoms with Crippen LogP contribution in [0.4, 0.5) is 0 Å². The van der Waals surface area contributed by atoms with E-state index in [1.165, 1.54) is 11.1 Å². The lowest BCUT2D eigenvalue weighted by molar-refractivity contribution is -0.142. The molecule has 1 saturated carbocycles. The number of rotatable bonds is 5. The van der Waals surface area contributed by atoms with E-state index in [0.29, 0.717) is 25.0 Å². The van der Waals surface area contributed by atoms with Gasteiger partial charge in [-0.3, -0.25) is 9.59 Å². The number of amides is 2. The van der Waals surface area contributed by atoms with Gasteiger partial charge in [0.15, 0.2) is 0 Å². The van der Waals surface area contributed by atoms with Crippen molar-refractivity contribution in [3.63, 3.8) is 0 Å². The molecule has 1 unspecified atom stereocenters. The number of hydrogen-bond donors (Lipinski definition) is 0. The highest BCUT2D eigenvalue weighted by Crippen LogP contribution is 2.42. The number of carbonyl (C=O) groups is 2. The average molecular weight is 429 g/mol. The first-order chi connectivity index (χ1) is 15.7. The van der Waals surface area contributed by atoms with Crippen molar-refractivity contribution in [2.24, 2.45) is 5.92 Å². The van der Waals surface area contributed by atoms with Gasteiger partial charge in [-0.15, -0.1) is 0 Å². The molecule has 3 aliphatic rings. The van der Waals surface area contributed by atoms with Gasteiger partial charge in [-0.2, -0.15) is 0 Å². The first-order valence-corrected chi connectivity index (χ1v) is 12.1. The predicted octanol–water partition coefficient (Wildman–Crippen LogP) is 5.01. The lowest BCUT2D eigenvalue weighted by Crippen LogP contribution is -2.46. The quantitative estimate of drug-likeness (QED) is 0.629. The molecule has 1 aliphatic heterocycles. The van der Waals surface area contributed by atoms with E-state index in [2.05, 4.69) is 29.2 Å². The first kappa shape index (κ1) is 21.0. The summed E-state index contributed by atoms with van der Waals surface area (Å²) in [5.74, 6) is 0.396. The van der Waals surface area contributed by atoms with E-state index in [9.17, 15) is 9.59 Å². The van der Waals surface area contributed by atoms with Crippen LogP contribution in [0.15, 0.2) is 60.7 Å². The number of hydrogen-bond acceptors (Lipinski definition) is 2. The van der Waals surface area contributed by atoms with Crippen LogP contribution in [0.25, 0.3) is 6.08 Å². The summed E-state index contributed by atoms with van der Waals surface area (Å²) < 4.78 is 0. The van der Waals surface area contributed by atoms with E-state index in [4.69, 9.17) is 0 Å². The van der Waals surface area contributed by atoms with E-state index < -0.39 is 0 Å². The molecule has 2 aromatic carbocycles. The third-order valence-corrected chi connectivity index (χ3v) is 7.24. The number of aryl methyl sites for hydroxylation is 1. The molecule has 0 aromatic heterocycles. The van der Waals surface area contributed by atoms with Crippen molar-refractivity contribution in [2.45, 2.75) is 57.0 Å². The van der Waals surface area contributed by atoms with Gasteiger partial charge in [0.25, 0.3) is 0 Å². The SMILES string of the molecule is O=C(/C=C/c1ccccc1)N1CCC(C(=O)N(C2CC2)C2CCCc3ccccc32)CC1. The molecule has 0 spiro atoms. The zero-order valence-electron chi connectivity index (χ0n) is 18.7. The van der Waals surface area contributed by atoms with E-state index in [0.717, 1.165) is 50.5 Å². The van der Waals surface area contributed by atoms with Gasteiger partial charge in [-0.25, -0.2) is 0 Å². The molecule has 5 rings (SSSR count). The van der Waals surface area contributed by atoms with Gasteiger partial charge >= 0.3 is 0 Å². The minimum atomic E-state index is 0.0341. The molecule has 32 heavy (non-hydrogen) atoms. The van der Waals surface area contributed by atoms with Crippen LogP contribution in [0.5, 0.6) is 0 Å². The number of nitrogens with zero attached hydrogens (tertiary/aromatic N) is 2. The molecular formula is C28H32N2O2. The van der Waals surface area contributed by atoms with Gasteiger partial charge in [-0.05, 0) is 67.7 Å². The van der Waals surface area contributed by atoms with E-state index in [-0.39, 0.29) is 17.9 Å². The van der Waals surface area contributed by atoms with Crippen molar-refractivity contribution in [3.8, 4) is 0 Å². The minimum absolute atomic E-state index is 0.0341. The van der Waals surface area contributed by atoms with Gasteiger partial charge in [0.05, 0.1) is 6.04 Å². The minimum Gasteiger partial charge on any atom is -0.339 e. The summed E-state index contributed by atoms with van der Waals surface area (Å²) >= 11 is 0. The fourth-order valence-corrected chi connectivity index (χ4v) is 5.35. The number of benzene rings is 2. The molecule has 0 N–H and O–H groups in total. The molecule has 0 radical (unpaired) electrons. The van der Waals surface area contributed by atoms with Crippen LogP contribution in [0.2, 0.25) is 0 Å². The third-order valence-electron chi connectivity index (χ3n) is 7.24. The molecule has 2 fully saturated rings. The summed E-state index contributed by atoms with van der Waals surface area (Å²) in [6, 6.07) is 19.2. The maximum atomic E-state index is 13.7. The van der Waals surface area contributed by atoms with E-state index in [1.807, 2.05) is 41.3 Å². The largest absolute Gasteiger partial charge is 0.339 e. The monoisotopic (exact) mass is 428 g/mol. The molecule has 2 aliphatic carbocycles. The van der Waals surface area contributed by atoms with Gasteiger partial charge in [0.1, 0.15) is 0 Å². The van der Waals surface area contributed by atoms with Crippen LogP contribution in [0.3, 0.4) is 0 Å².